The van der Waals surface area contributed by atoms with Gasteiger partial charge in [-0.1, -0.05) is 37.3 Å². The SMILES string of the molecule is CCN1CCCC1CN=C(N)NCCN(C)Cc1ccccc1. The first-order chi connectivity index (χ1) is 11.2. The highest BCUT2D eigenvalue weighted by molar-refractivity contribution is 5.77. The Morgan fingerprint density at radius 2 is 2.17 bits per heavy atom. The molecule has 1 unspecified atom stereocenters. The number of nitrogens with zero attached hydrogens (tertiary/aromatic N) is 3. The molecular weight excluding hydrogens is 286 g/mol. The largest absolute Gasteiger partial charge is 0.370 e. The second-order valence-corrected chi connectivity index (χ2v) is 6.30. The molecule has 0 amide bonds. The van der Waals surface area contributed by atoms with E-state index in [0.29, 0.717) is 12.0 Å². The highest BCUT2D eigenvalue weighted by Gasteiger charge is 2.22. The number of benzene rings is 1. The predicted octanol–water partition coefficient (Wildman–Crippen LogP) is 1.51. The topological polar surface area (TPSA) is 56.9 Å². The molecular formula is C18H31N5. The number of likely N-dealkylation sites (tertiary alicyclic amines) is 1. The van der Waals surface area contributed by atoms with E-state index in [1.807, 2.05) is 6.07 Å². The number of nitrogens with two attached hydrogens (primary N) is 1. The molecule has 2 rings (SSSR count). The summed E-state index contributed by atoms with van der Waals surface area (Å²) in [6, 6.07) is 11.1. The zero-order valence-corrected chi connectivity index (χ0v) is 14.5. The molecule has 5 heteroatoms. The number of likely N-dealkylation sites (N-methyl/N-ethyl adjacent to an activating group) is 2. The van der Waals surface area contributed by atoms with Gasteiger partial charge in [0, 0.05) is 25.7 Å². The van der Waals surface area contributed by atoms with Crippen LogP contribution in [-0.2, 0) is 6.54 Å². The van der Waals surface area contributed by atoms with Crippen molar-refractivity contribution in [2.45, 2.75) is 32.4 Å². The van der Waals surface area contributed by atoms with Gasteiger partial charge >= 0.3 is 0 Å². The Kier molecular flexibility index (Phi) is 7.36. The Balaban J connectivity index is 1.64. The Morgan fingerprint density at radius 3 is 2.91 bits per heavy atom. The van der Waals surface area contributed by atoms with Crippen LogP contribution in [0.1, 0.15) is 25.3 Å². The summed E-state index contributed by atoms with van der Waals surface area (Å²) in [5.41, 5.74) is 7.31. The predicted molar refractivity (Wildman–Crippen MR) is 97.5 cm³/mol. The highest BCUT2D eigenvalue weighted by atomic mass is 15.2. The monoisotopic (exact) mass is 317 g/mol. The minimum Gasteiger partial charge on any atom is -0.370 e. The number of hydrogen-bond acceptors (Lipinski definition) is 3. The minimum atomic E-state index is 0.570. The molecule has 0 aliphatic carbocycles. The van der Waals surface area contributed by atoms with Gasteiger partial charge in [0.2, 0.25) is 0 Å². The average Bonchev–Trinajstić information content (AvgIpc) is 3.01. The lowest BCUT2D eigenvalue weighted by Crippen LogP contribution is -2.38. The Hall–Kier alpha value is -1.59. The molecule has 0 radical (unpaired) electrons. The van der Waals surface area contributed by atoms with Crippen LogP contribution in [0.2, 0.25) is 0 Å². The third-order valence-corrected chi connectivity index (χ3v) is 4.47. The van der Waals surface area contributed by atoms with Gasteiger partial charge in [-0.15, -0.1) is 0 Å². The van der Waals surface area contributed by atoms with E-state index < -0.39 is 0 Å². The van der Waals surface area contributed by atoms with E-state index in [1.54, 1.807) is 0 Å². The molecule has 0 aromatic heterocycles. The van der Waals surface area contributed by atoms with Gasteiger partial charge in [0.25, 0.3) is 0 Å². The Morgan fingerprint density at radius 1 is 1.39 bits per heavy atom. The molecule has 1 saturated heterocycles. The van der Waals surface area contributed by atoms with Crippen LogP contribution in [0, 0.1) is 0 Å². The van der Waals surface area contributed by atoms with Gasteiger partial charge < -0.3 is 16.0 Å². The van der Waals surface area contributed by atoms with Crippen molar-refractivity contribution >= 4 is 5.96 Å². The minimum absolute atomic E-state index is 0.570. The Labute approximate surface area is 140 Å². The van der Waals surface area contributed by atoms with Crippen LogP contribution in [0.25, 0.3) is 0 Å². The van der Waals surface area contributed by atoms with Gasteiger partial charge in [-0.25, -0.2) is 0 Å². The van der Waals surface area contributed by atoms with Crippen molar-refractivity contribution in [3.8, 4) is 0 Å². The highest BCUT2D eigenvalue weighted by Crippen LogP contribution is 2.16. The number of hydrogen-bond donors (Lipinski definition) is 2. The van der Waals surface area contributed by atoms with Crippen molar-refractivity contribution in [2.24, 2.45) is 10.7 Å². The van der Waals surface area contributed by atoms with Crippen LogP contribution in [0.4, 0.5) is 0 Å². The van der Waals surface area contributed by atoms with E-state index in [9.17, 15) is 0 Å². The Bertz CT molecular complexity index is 474. The van der Waals surface area contributed by atoms with E-state index >= 15 is 0 Å². The summed E-state index contributed by atoms with van der Waals surface area (Å²) in [6.45, 7) is 8.05. The van der Waals surface area contributed by atoms with E-state index in [0.717, 1.165) is 32.7 Å². The molecule has 1 aromatic carbocycles. The van der Waals surface area contributed by atoms with Crippen LogP contribution in [0.15, 0.2) is 35.3 Å². The molecule has 1 fully saturated rings. The molecule has 3 N–H and O–H groups in total. The molecule has 1 atom stereocenters. The summed E-state index contributed by atoms with van der Waals surface area (Å²) in [5, 5.41) is 3.22. The fraction of sp³-hybridized carbons (Fsp3) is 0.611. The van der Waals surface area contributed by atoms with Gasteiger partial charge in [-0.2, -0.15) is 0 Å². The molecule has 0 bridgehead atoms. The fourth-order valence-electron chi connectivity index (χ4n) is 3.13. The van der Waals surface area contributed by atoms with Crippen molar-refractivity contribution in [3.05, 3.63) is 35.9 Å². The van der Waals surface area contributed by atoms with Gasteiger partial charge in [0.05, 0.1) is 6.54 Å². The molecule has 1 heterocycles. The van der Waals surface area contributed by atoms with Crippen molar-refractivity contribution in [1.29, 1.82) is 0 Å². The number of nitrogens with one attached hydrogen (secondary N) is 1. The van der Waals surface area contributed by atoms with Crippen LogP contribution in [0.3, 0.4) is 0 Å². The van der Waals surface area contributed by atoms with E-state index in [4.69, 9.17) is 5.73 Å². The number of rotatable bonds is 8. The summed E-state index contributed by atoms with van der Waals surface area (Å²) in [5.74, 6) is 0.570. The van der Waals surface area contributed by atoms with Gasteiger partial charge in [-0.05, 0) is 38.5 Å². The van der Waals surface area contributed by atoms with Crippen LogP contribution in [-0.4, -0.2) is 61.6 Å². The summed E-state index contributed by atoms with van der Waals surface area (Å²) >= 11 is 0. The lowest BCUT2D eigenvalue weighted by Gasteiger charge is -2.21. The summed E-state index contributed by atoms with van der Waals surface area (Å²) in [6.07, 6.45) is 2.52. The zero-order chi connectivity index (χ0) is 16.5. The smallest absolute Gasteiger partial charge is 0.188 e. The zero-order valence-electron chi connectivity index (χ0n) is 14.5. The number of aliphatic imine (C=N–C) groups is 1. The lowest BCUT2D eigenvalue weighted by atomic mass is 10.2. The van der Waals surface area contributed by atoms with Crippen molar-refractivity contribution < 1.29 is 0 Å². The van der Waals surface area contributed by atoms with Crippen LogP contribution < -0.4 is 11.1 Å². The first-order valence-electron chi connectivity index (χ1n) is 8.69. The average molecular weight is 317 g/mol. The van der Waals surface area contributed by atoms with Crippen molar-refractivity contribution in [2.75, 3.05) is 39.8 Å². The first kappa shape index (κ1) is 17.8. The molecule has 5 nitrogen and oxygen atoms in total. The van der Waals surface area contributed by atoms with Gasteiger partial charge in [-0.3, -0.25) is 9.89 Å². The molecule has 0 saturated carbocycles. The summed E-state index contributed by atoms with van der Waals surface area (Å²) < 4.78 is 0. The first-order valence-corrected chi connectivity index (χ1v) is 8.69. The molecule has 1 aromatic rings. The van der Waals surface area contributed by atoms with Gasteiger partial charge in [0.15, 0.2) is 5.96 Å². The van der Waals surface area contributed by atoms with E-state index in [1.165, 1.54) is 24.9 Å². The second-order valence-electron chi connectivity index (χ2n) is 6.30. The normalized spacial score (nSPS) is 19.4. The third-order valence-electron chi connectivity index (χ3n) is 4.47. The molecule has 1 aliphatic heterocycles. The van der Waals surface area contributed by atoms with Gasteiger partial charge in [0.1, 0.15) is 0 Å². The molecule has 0 spiro atoms. The lowest BCUT2D eigenvalue weighted by molar-refractivity contribution is 0.273. The molecule has 128 valence electrons. The van der Waals surface area contributed by atoms with E-state index in [2.05, 4.69) is 58.3 Å². The second kappa shape index (κ2) is 9.53. The fourth-order valence-corrected chi connectivity index (χ4v) is 3.13. The third kappa shape index (κ3) is 6.20. The molecule has 1 aliphatic rings. The maximum atomic E-state index is 5.98. The summed E-state index contributed by atoms with van der Waals surface area (Å²) in [7, 11) is 2.12. The molecule has 23 heavy (non-hydrogen) atoms. The van der Waals surface area contributed by atoms with E-state index in [-0.39, 0.29) is 0 Å². The van der Waals surface area contributed by atoms with Crippen molar-refractivity contribution in [1.82, 2.24) is 15.1 Å². The van der Waals surface area contributed by atoms with Crippen LogP contribution >= 0.6 is 0 Å². The number of guanidine groups is 1. The quantitative estimate of drug-likeness (QED) is 0.564. The van der Waals surface area contributed by atoms with Crippen molar-refractivity contribution in [3.63, 3.8) is 0 Å². The standard InChI is InChI=1S/C18H31N5/c1-3-23-12-7-10-17(23)14-21-18(19)20-11-13-22(2)15-16-8-5-4-6-9-16/h4-6,8-9,17H,3,7,10-15H2,1-2H3,(H3,19,20,21). The maximum Gasteiger partial charge on any atom is 0.188 e. The summed E-state index contributed by atoms with van der Waals surface area (Å²) in [4.78, 5) is 9.28. The van der Waals surface area contributed by atoms with Crippen LogP contribution in [0.5, 0.6) is 0 Å². The maximum absolute atomic E-state index is 5.98.